The fraction of sp³-hybridized carbons (Fsp3) is 0.263. The van der Waals surface area contributed by atoms with Gasteiger partial charge in [-0.2, -0.15) is 0 Å². The topological polar surface area (TPSA) is 116 Å². The number of ether oxygens (including phenoxy) is 1. The number of carbonyl (C=O) groups excluding carboxylic acids is 1. The van der Waals surface area contributed by atoms with Crippen LogP contribution in [0, 0.1) is 6.92 Å². The van der Waals surface area contributed by atoms with Crippen LogP contribution in [-0.4, -0.2) is 40.0 Å². The number of benzene rings is 2. The Bertz CT molecular complexity index is 762. The van der Waals surface area contributed by atoms with Gasteiger partial charge in [-0.25, -0.2) is 9.59 Å². The van der Waals surface area contributed by atoms with Gasteiger partial charge in [0.15, 0.2) is 0 Å². The number of hydrogen-bond donors (Lipinski definition) is 4. The zero-order valence-electron chi connectivity index (χ0n) is 14.3. The maximum Gasteiger partial charge on any atom is 0.407 e. The molecule has 0 heterocycles. The maximum atomic E-state index is 11.7. The standard InChI is InChI=1S/C19H21NO6/c1-12-9-14(18(23)24)7-8-15(12)17(22)16(21)10-20-19(25)26-11-13-5-3-2-4-6-13/h2-9,16-17,21-22H,10-11H2,1H3,(H,20,25)(H,23,24). The molecule has 7 heteroatoms. The van der Waals surface area contributed by atoms with E-state index in [-0.39, 0.29) is 18.7 Å². The molecular weight excluding hydrogens is 338 g/mol. The molecule has 0 aromatic heterocycles. The Hall–Kier alpha value is -2.90. The molecule has 0 fully saturated rings. The minimum atomic E-state index is -1.27. The molecule has 138 valence electrons. The van der Waals surface area contributed by atoms with Gasteiger partial charge >= 0.3 is 12.1 Å². The molecule has 0 aliphatic rings. The third-order valence-corrected chi connectivity index (χ3v) is 3.87. The monoisotopic (exact) mass is 359 g/mol. The molecule has 7 nitrogen and oxygen atoms in total. The Morgan fingerprint density at radius 3 is 2.42 bits per heavy atom. The van der Waals surface area contributed by atoms with Gasteiger partial charge in [0.2, 0.25) is 0 Å². The minimum Gasteiger partial charge on any atom is -0.478 e. The van der Waals surface area contributed by atoms with Crippen molar-refractivity contribution in [2.75, 3.05) is 6.54 Å². The van der Waals surface area contributed by atoms with Gasteiger partial charge in [-0.1, -0.05) is 36.4 Å². The average Bonchev–Trinajstić information content (AvgIpc) is 2.64. The molecule has 4 N–H and O–H groups in total. The highest BCUT2D eigenvalue weighted by molar-refractivity contribution is 5.87. The van der Waals surface area contributed by atoms with Gasteiger partial charge < -0.3 is 25.4 Å². The number of carboxylic acid groups (broad SMARTS) is 1. The van der Waals surface area contributed by atoms with Crippen LogP contribution in [0.2, 0.25) is 0 Å². The molecule has 0 aliphatic heterocycles. The summed E-state index contributed by atoms with van der Waals surface area (Å²) in [5, 5.41) is 31.6. The van der Waals surface area contributed by atoms with Crippen molar-refractivity contribution in [1.29, 1.82) is 0 Å². The summed E-state index contributed by atoms with van der Waals surface area (Å²) >= 11 is 0. The number of rotatable bonds is 7. The highest BCUT2D eigenvalue weighted by Crippen LogP contribution is 2.22. The smallest absolute Gasteiger partial charge is 0.407 e. The van der Waals surface area contributed by atoms with Gasteiger partial charge in [0.05, 0.1) is 5.56 Å². The molecule has 26 heavy (non-hydrogen) atoms. The second kappa shape index (κ2) is 8.98. The van der Waals surface area contributed by atoms with E-state index < -0.39 is 24.3 Å². The number of aliphatic hydroxyl groups excluding tert-OH is 2. The number of aromatic carboxylic acids is 1. The zero-order chi connectivity index (χ0) is 19.1. The van der Waals surface area contributed by atoms with Gasteiger partial charge in [0.1, 0.15) is 18.8 Å². The summed E-state index contributed by atoms with van der Waals surface area (Å²) in [6, 6.07) is 13.3. The molecule has 0 aliphatic carbocycles. The van der Waals surface area contributed by atoms with E-state index in [0.29, 0.717) is 11.1 Å². The van der Waals surface area contributed by atoms with E-state index in [1.807, 2.05) is 30.3 Å². The van der Waals surface area contributed by atoms with Crippen LogP contribution in [0.4, 0.5) is 4.79 Å². The van der Waals surface area contributed by atoms with Crippen LogP contribution in [-0.2, 0) is 11.3 Å². The van der Waals surface area contributed by atoms with Crippen LogP contribution >= 0.6 is 0 Å². The van der Waals surface area contributed by atoms with Crippen molar-refractivity contribution in [2.45, 2.75) is 25.7 Å². The Balaban J connectivity index is 1.85. The lowest BCUT2D eigenvalue weighted by Gasteiger charge is -2.20. The summed E-state index contributed by atoms with van der Waals surface area (Å²) in [6.45, 7) is 1.52. The number of amides is 1. The summed E-state index contributed by atoms with van der Waals surface area (Å²) in [4.78, 5) is 22.6. The highest BCUT2D eigenvalue weighted by Gasteiger charge is 2.21. The van der Waals surface area contributed by atoms with Crippen molar-refractivity contribution in [3.63, 3.8) is 0 Å². The Labute approximate surface area is 150 Å². The zero-order valence-corrected chi connectivity index (χ0v) is 14.3. The van der Waals surface area contributed by atoms with Crippen molar-refractivity contribution in [2.24, 2.45) is 0 Å². The summed E-state index contributed by atoms with van der Waals surface area (Å²) in [5.74, 6) is -1.07. The van der Waals surface area contributed by atoms with Gasteiger partial charge in [-0.3, -0.25) is 0 Å². The number of nitrogens with one attached hydrogen (secondary N) is 1. The number of carbonyl (C=O) groups is 2. The largest absolute Gasteiger partial charge is 0.478 e. The van der Waals surface area contributed by atoms with Gasteiger partial charge in [-0.15, -0.1) is 0 Å². The third-order valence-electron chi connectivity index (χ3n) is 3.87. The van der Waals surface area contributed by atoms with Crippen molar-refractivity contribution in [3.05, 3.63) is 70.8 Å². The number of carboxylic acids is 1. The van der Waals surface area contributed by atoms with Gasteiger partial charge in [-0.05, 0) is 35.7 Å². The first-order valence-corrected chi connectivity index (χ1v) is 8.03. The molecule has 0 saturated carbocycles. The van der Waals surface area contributed by atoms with E-state index >= 15 is 0 Å². The molecule has 0 bridgehead atoms. The number of aryl methyl sites for hydroxylation is 1. The summed E-state index contributed by atoms with van der Waals surface area (Å²) in [6.07, 6.45) is -3.25. The molecule has 0 spiro atoms. The number of hydrogen-bond acceptors (Lipinski definition) is 5. The molecular formula is C19H21NO6. The lowest BCUT2D eigenvalue weighted by atomic mass is 9.97. The maximum absolute atomic E-state index is 11.7. The lowest BCUT2D eigenvalue weighted by molar-refractivity contribution is 0.0180. The fourth-order valence-electron chi connectivity index (χ4n) is 2.42. The Morgan fingerprint density at radius 1 is 1.12 bits per heavy atom. The predicted molar refractivity (Wildman–Crippen MR) is 93.7 cm³/mol. The van der Waals surface area contributed by atoms with E-state index in [1.165, 1.54) is 18.2 Å². The van der Waals surface area contributed by atoms with E-state index in [4.69, 9.17) is 9.84 Å². The molecule has 2 rings (SSSR count). The highest BCUT2D eigenvalue weighted by atomic mass is 16.5. The van der Waals surface area contributed by atoms with E-state index in [0.717, 1.165) is 5.56 Å². The molecule has 2 unspecified atom stereocenters. The van der Waals surface area contributed by atoms with Gasteiger partial charge in [0.25, 0.3) is 0 Å². The average molecular weight is 359 g/mol. The van der Waals surface area contributed by atoms with Crippen LogP contribution in [0.15, 0.2) is 48.5 Å². The second-order valence-corrected chi connectivity index (χ2v) is 5.83. The van der Waals surface area contributed by atoms with Gasteiger partial charge in [0, 0.05) is 6.54 Å². The summed E-state index contributed by atoms with van der Waals surface area (Å²) in [7, 11) is 0. The normalized spacial score (nSPS) is 12.9. The first kappa shape index (κ1) is 19.4. The van der Waals surface area contributed by atoms with E-state index in [2.05, 4.69) is 5.32 Å². The van der Waals surface area contributed by atoms with Crippen molar-refractivity contribution in [3.8, 4) is 0 Å². The lowest BCUT2D eigenvalue weighted by Crippen LogP contribution is -2.36. The molecule has 2 atom stereocenters. The molecule has 0 saturated heterocycles. The van der Waals surface area contributed by atoms with Crippen LogP contribution in [0.3, 0.4) is 0 Å². The molecule has 2 aromatic carbocycles. The van der Waals surface area contributed by atoms with E-state index in [1.54, 1.807) is 6.92 Å². The summed E-state index contributed by atoms with van der Waals surface area (Å²) < 4.78 is 5.02. The first-order valence-electron chi connectivity index (χ1n) is 8.03. The number of aliphatic hydroxyl groups is 2. The van der Waals surface area contributed by atoms with Crippen LogP contribution < -0.4 is 5.32 Å². The second-order valence-electron chi connectivity index (χ2n) is 5.83. The van der Waals surface area contributed by atoms with E-state index in [9.17, 15) is 19.8 Å². The quantitative estimate of drug-likeness (QED) is 0.601. The fourth-order valence-corrected chi connectivity index (χ4v) is 2.42. The van der Waals surface area contributed by atoms with Crippen molar-refractivity contribution >= 4 is 12.1 Å². The first-order chi connectivity index (χ1) is 12.4. The van der Waals surface area contributed by atoms with Crippen molar-refractivity contribution < 1.29 is 29.6 Å². The minimum absolute atomic E-state index is 0.0931. The van der Waals surface area contributed by atoms with Crippen LogP contribution in [0.25, 0.3) is 0 Å². The van der Waals surface area contributed by atoms with Crippen LogP contribution in [0.1, 0.15) is 33.2 Å². The third kappa shape index (κ3) is 5.30. The van der Waals surface area contributed by atoms with Crippen LogP contribution in [0.5, 0.6) is 0 Å². The SMILES string of the molecule is Cc1cc(C(=O)O)ccc1C(O)C(O)CNC(=O)OCc1ccccc1. The predicted octanol–water partition coefficient (Wildman–Crippen LogP) is 2.01. The summed E-state index contributed by atoms with van der Waals surface area (Å²) in [5.41, 5.74) is 1.85. The Morgan fingerprint density at radius 2 is 1.81 bits per heavy atom. The Kier molecular flexibility index (Phi) is 6.71. The number of alkyl carbamates (subject to hydrolysis) is 1. The molecule has 1 amide bonds. The molecule has 0 radical (unpaired) electrons. The van der Waals surface area contributed by atoms with Crippen molar-refractivity contribution in [1.82, 2.24) is 5.32 Å². The molecule has 2 aromatic rings.